The van der Waals surface area contributed by atoms with Crippen molar-refractivity contribution < 1.29 is 19.5 Å². The smallest absolute Gasteiger partial charge is 0.379 e. The first-order valence-corrected chi connectivity index (χ1v) is 7.30. The van der Waals surface area contributed by atoms with Crippen LogP contribution in [-0.4, -0.2) is 46.5 Å². The molecule has 3 amide bonds. The predicted octanol–water partition coefficient (Wildman–Crippen LogP) is 1.59. The number of hydrogen-bond donors (Lipinski definition) is 2. The summed E-state index contributed by atoms with van der Waals surface area (Å²) in [7, 11) is 0. The highest BCUT2D eigenvalue weighted by atomic mass is 16.4. The summed E-state index contributed by atoms with van der Waals surface area (Å²) in [4.78, 5) is 47.0. The molecular formula is C14H23N3O5. The van der Waals surface area contributed by atoms with Crippen molar-refractivity contribution >= 4 is 17.9 Å². The van der Waals surface area contributed by atoms with E-state index in [4.69, 9.17) is 0 Å². The first kappa shape index (κ1) is 18.1. The highest BCUT2D eigenvalue weighted by Crippen LogP contribution is 2.30. The van der Waals surface area contributed by atoms with Crippen LogP contribution >= 0.6 is 0 Å². The van der Waals surface area contributed by atoms with E-state index in [1.54, 1.807) is 20.8 Å². The number of likely N-dealkylation sites (tertiary alicyclic amines) is 1. The van der Waals surface area contributed by atoms with Gasteiger partial charge in [-0.1, -0.05) is 34.1 Å². The Bertz CT molecular complexity index is 472. The molecule has 0 aromatic carbocycles. The van der Waals surface area contributed by atoms with Gasteiger partial charge in [-0.2, -0.15) is 0 Å². The first-order chi connectivity index (χ1) is 10.1. The zero-order valence-electron chi connectivity index (χ0n) is 13.3. The van der Waals surface area contributed by atoms with Crippen LogP contribution in [0.4, 0.5) is 4.79 Å². The van der Waals surface area contributed by atoms with Crippen molar-refractivity contribution in [3.8, 4) is 0 Å². The van der Waals surface area contributed by atoms with Gasteiger partial charge in [0, 0.05) is 11.7 Å². The molecule has 2 N–H and O–H groups in total. The number of nitrogens with one attached hydrogen (secondary N) is 1. The summed E-state index contributed by atoms with van der Waals surface area (Å²) in [6.07, 6.45) is 1.26. The number of nitroso groups, excluding NO2 is 1. The average Bonchev–Trinajstić information content (AvgIpc) is 2.86. The molecule has 1 aliphatic rings. The minimum Gasteiger partial charge on any atom is -0.480 e. The minimum absolute atomic E-state index is 0.109. The molecule has 1 heterocycles. The second-order valence-electron chi connectivity index (χ2n) is 6.61. The van der Waals surface area contributed by atoms with E-state index in [0.717, 1.165) is 0 Å². The normalized spacial score (nSPS) is 23.0. The van der Waals surface area contributed by atoms with Crippen molar-refractivity contribution in [2.75, 3.05) is 6.54 Å². The topological polar surface area (TPSA) is 116 Å². The molecule has 2 unspecified atom stereocenters. The van der Waals surface area contributed by atoms with Crippen LogP contribution in [0.3, 0.4) is 0 Å². The van der Waals surface area contributed by atoms with Gasteiger partial charge in [-0.15, -0.1) is 4.91 Å². The number of carboxylic acids is 1. The van der Waals surface area contributed by atoms with Crippen LogP contribution in [0.25, 0.3) is 0 Å². The fourth-order valence-electron chi connectivity index (χ4n) is 2.83. The lowest BCUT2D eigenvalue weighted by Gasteiger charge is -2.34. The van der Waals surface area contributed by atoms with Crippen LogP contribution < -0.4 is 5.32 Å². The standard InChI is InChI=1S/C14H23N3O5/c1-5-8-6-7-17(9(8)12(19)20)11(18)10(14(2,3)4)15-13(21)16-22/h8-10H,5-7H2,1-4H3,(H,15,21)(H,19,20)/t8?,9?,10-/m1/s1. The van der Waals surface area contributed by atoms with Crippen molar-refractivity contribution in [3.05, 3.63) is 4.91 Å². The van der Waals surface area contributed by atoms with Gasteiger partial charge in [0.05, 0.1) is 0 Å². The van der Waals surface area contributed by atoms with Gasteiger partial charge in [-0.05, 0) is 17.8 Å². The predicted molar refractivity (Wildman–Crippen MR) is 79.1 cm³/mol. The van der Waals surface area contributed by atoms with Crippen LogP contribution in [0.2, 0.25) is 0 Å². The second kappa shape index (κ2) is 6.85. The van der Waals surface area contributed by atoms with Crippen molar-refractivity contribution in [2.24, 2.45) is 16.5 Å². The third-order valence-electron chi connectivity index (χ3n) is 4.05. The highest BCUT2D eigenvalue weighted by Gasteiger charge is 2.45. The lowest BCUT2D eigenvalue weighted by Crippen LogP contribution is -2.56. The van der Waals surface area contributed by atoms with Crippen molar-refractivity contribution in [1.82, 2.24) is 10.2 Å². The van der Waals surface area contributed by atoms with E-state index in [9.17, 15) is 24.4 Å². The second-order valence-corrected chi connectivity index (χ2v) is 6.61. The van der Waals surface area contributed by atoms with E-state index in [-0.39, 0.29) is 5.92 Å². The first-order valence-electron chi connectivity index (χ1n) is 7.30. The van der Waals surface area contributed by atoms with Gasteiger partial charge in [0.15, 0.2) is 0 Å². The maximum absolute atomic E-state index is 12.7. The Morgan fingerprint density at radius 3 is 2.36 bits per heavy atom. The Labute approximate surface area is 129 Å². The lowest BCUT2D eigenvalue weighted by atomic mass is 9.85. The van der Waals surface area contributed by atoms with Crippen LogP contribution in [0, 0.1) is 16.2 Å². The summed E-state index contributed by atoms with van der Waals surface area (Å²) >= 11 is 0. The average molecular weight is 313 g/mol. The van der Waals surface area contributed by atoms with Gasteiger partial charge < -0.3 is 15.3 Å². The molecule has 124 valence electrons. The molecule has 22 heavy (non-hydrogen) atoms. The monoisotopic (exact) mass is 313 g/mol. The molecule has 1 aliphatic heterocycles. The number of rotatable bonds is 4. The van der Waals surface area contributed by atoms with E-state index < -0.39 is 35.4 Å². The Kier molecular flexibility index (Phi) is 5.62. The molecule has 8 heteroatoms. The summed E-state index contributed by atoms with van der Waals surface area (Å²) in [5.74, 6) is -1.65. The van der Waals surface area contributed by atoms with Crippen molar-refractivity contribution in [3.63, 3.8) is 0 Å². The van der Waals surface area contributed by atoms with Crippen molar-refractivity contribution in [2.45, 2.75) is 52.6 Å². The third kappa shape index (κ3) is 3.80. The molecule has 0 spiro atoms. The summed E-state index contributed by atoms with van der Waals surface area (Å²) in [5.41, 5.74) is -0.676. The largest absolute Gasteiger partial charge is 0.480 e. The van der Waals surface area contributed by atoms with Crippen LogP contribution in [0.1, 0.15) is 40.5 Å². The number of hydrogen-bond acceptors (Lipinski definition) is 4. The Hall–Kier alpha value is -1.99. The summed E-state index contributed by atoms with van der Waals surface area (Å²) in [6.45, 7) is 7.39. The summed E-state index contributed by atoms with van der Waals surface area (Å²) < 4.78 is 0. The summed E-state index contributed by atoms with van der Waals surface area (Å²) in [5, 5.41) is 13.9. The molecule has 1 rings (SSSR count). The van der Waals surface area contributed by atoms with Gasteiger partial charge >= 0.3 is 12.0 Å². The van der Waals surface area contributed by atoms with E-state index in [1.807, 2.05) is 6.92 Å². The quantitative estimate of drug-likeness (QED) is 0.764. The third-order valence-corrected chi connectivity index (χ3v) is 4.05. The fourth-order valence-corrected chi connectivity index (χ4v) is 2.83. The Morgan fingerprint density at radius 2 is 1.95 bits per heavy atom. The molecule has 1 saturated heterocycles. The molecule has 0 aromatic heterocycles. The van der Waals surface area contributed by atoms with E-state index >= 15 is 0 Å². The van der Waals surface area contributed by atoms with Gasteiger partial charge in [-0.25, -0.2) is 9.59 Å². The number of aliphatic carboxylic acids is 1. The minimum atomic E-state index is -1.13. The number of carboxylic acid groups (broad SMARTS) is 1. The molecule has 0 saturated carbocycles. The number of urea groups is 1. The van der Waals surface area contributed by atoms with Crippen LogP contribution in [-0.2, 0) is 9.59 Å². The molecule has 0 aromatic rings. The summed E-state index contributed by atoms with van der Waals surface area (Å²) in [6, 6.07) is -3.04. The molecule has 0 radical (unpaired) electrons. The van der Waals surface area contributed by atoms with E-state index in [2.05, 4.69) is 10.5 Å². The maximum Gasteiger partial charge on any atom is 0.379 e. The Morgan fingerprint density at radius 1 is 1.36 bits per heavy atom. The van der Waals surface area contributed by atoms with E-state index in [1.165, 1.54) is 4.90 Å². The fraction of sp³-hybridized carbons (Fsp3) is 0.786. The van der Waals surface area contributed by atoms with Crippen molar-refractivity contribution in [1.29, 1.82) is 0 Å². The number of carbonyl (C=O) groups is 3. The SMILES string of the molecule is CCC1CCN(C(=O)[C@@H](NC(=O)N=O)C(C)(C)C)C1C(=O)O. The highest BCUT2D eigenvalue weighted by molar-refractivity contribution is 5.91. The van der Waals surface area contributed by atoms with Crippen LogP contribution in [0.5, 0.6) is 0 Å². The van der Waals surface area contributed by atoms with Gasteiger partial charge in [0.2, 0.25) is 5.91 Å². The van der Waals surface area contributed by atoms with Gasteiger partial charge in [0.1, 0.15) is 12.1 Å². The molecule has 0 bridgehead atoms. The number of nitrogens with zero attached hydrogens (tertiary/aromatic N) is 2. The molecule has 0 aliphatic carbocycles. The zero-order valence-corrected chi connectivity index (χ0v) is 13.3. The zero-order chi connectivity index (χ0) is 17.1. The molecular weight excluding hydrogens is 290 g/mol. The number of carbonyl (C=O) groups excluding carboxylic acids is 2. The van der Waals surface area contributed by atoms with Gasteiger partial charge in [0.25, 0.3) is 0 Å². The van der Waals surface area contributed by atoms with E-state index in [0.29, 0.717) is 19.4 Å². The van der Waals surface area contributed by atoms with Crippen LogP contribution in [0.15, 0.2) is 5.18 Å². The molecule has 8 nitrogen and oxygen atoms in total. The van der Waals surface area contributed by atoms with Gasteiger partial charge in [-0.3, -0.25) is 4.79 Å². The maximum atomic E-state index is 12.7. The molecule has 3 atom stereocenters. The number of amides is 3. The lowest BCUT2D eigenvalue weighted by molar-refractivity contribution is -0.151. The molecule has 1 fully saturated rings. The Balaban J connectivity index is 3.05.